The van der Waals surface area contributed by atoms with Gasteiger partial charge in [-0.05, 0) is 44.2 Å². The number of Topliss-reactive ketones (excluding diaryl/α,β-unsaturated/α-hetero) is 1. The number of nitrogens with zero attached hydrogens (tertiary/aromatic N) is 2. The molecule has 1 atom stereocenters. The number of esters is 1. The molecule has 0 amide bonds. The highest BCUT2D eigenvalue weighted by atomic mass is 35.5. The van der Waals surface area contributed by atoms with E-state index in [1.165, 1.54) is 25.8 Å². The molecule has 0 radical (unpaired) electrons. The number of allylic oxidation sites excluding steroid dienone is 3. The van der Waals surface area contributed by atoms with Gasteiger partial charge in [0.15, 0.2) is 11.0 Å². The van der Waals surface area contributed by atoms with Gasteiger partial charge in [-0.2, -0.15) is 0 Å². The Hall–Kier alpha value is -2.05. The van der Waals surface area contributed by atoms with Crippen molar-refractivity contribution in [2.24, 2.45) is 4.99 Å². The van der Waals surface area contributed by atoms with Gasteiger partial charge >= 0.3 is 5.97 Å². The first-order valence-corrected chi connectivity index (χ1v) is 8.87. The van der Waals surface area contributed by atoms with E-state index in [1.807, 2.05) is 30.0 Å². The molecule has 0 saturated carbocycles. The molecule has 0 aromatic heterocycles. The molecule has 130 valence electrons. The quantitative estimate of drug-likeness (QED) is 0.744. The third-order valence-electron chi connectivity index (χ3n) is 4.20. The van der Waals surface area contributed by atoms with Crippen molar-refractivity contribution >= 4 is 40.3 Å². The Morgan fingerprint density at radius 3 is 2.56 bits per heavy atom. The van der Waals surface area contributed by atoms with Crippen molar-refractivity contribution in [3.63, 3.8) is 0 Å². The van der Waals surface area contributed by atoms with Crippen LogP contribution in [0.1, 0.15) is 32.4 Å². The second kappa shape index (κ2) is 6.69. The lowest BCUT2D eigenvalue weighted by Crippen LogP contribution is -2.36. The summed E-state index contributed by atoms with van der Waals surface area (Å²) in [5.74, 6) is -0.492. The number of rotatable bonds is 3. The third-order valence-corrected chi connectivity index (χ3v) is 5.80. The predicted octanol–water partition coefficient (Wildman–Crippen LogP) is 4.07. The molecule has 0 N–H and O–H groups in total. The monoisotopic (exact) mass is 376 g/mol. The minimum atomic E-state index is -0.488. The van der Waals surface area contributed by atoms with Crippen molar-refractivity contribution in [2.45, 2.75) is 26.8 Å². The molecule has 0 fully saturated rings. The molecule has 5 nitrogen and oxygen atoms in total. The van der Waals surface area contributed by atoms with Gasteiger partial charge in [0, 0.05) is 10.7 Å². The Morgan fingerprint density at radius 1 is 1.28 bits per heavy atom. The molecule has 0 aliphatic carbocycles. The van der Waals surface area contributed by atoms with Crippen molar-refractivity contribution in [3.05, 3.63) is 56.7 Å². The fourth-order valence-corrected chi connectivity index (χ4v) is 4.40. The van der Waals surface area contributed by atoms with Gasteiger partial charge in [0.05, 0.1) is 29.3 Å². The summed E-state index contributed by atoms with van der Waals surface area (Å²) < 4.78 is 4.98. The summed E-state index contributed by atoms with van der Waals surface area (Å²) in [7, 11) is 1.34. The smallest absolute Gasteiger partial charge is 0.338 e. The molecular formula is C18H17ClN2O3S. The van der Waals surface area contributed by atoms with Gasteiger partial charge in [-0.1, -0.05) is 29.8 Å². The van der Waals surface area contributed by atoms with Crippen LogP contribution in [0, 0.1) is 0 Å². The number of carbonyl (C=O) groups is 2. The largest absolute Gasteiger partial charge is 0.466 e. The van der Waals surface area contributed by atoms with Crippen molar-refractivity contribution < 1.29 is 14.3 Å². The van der Waals surface area contributed by atoms with E-state index < -0.39 is 12.0 Å². The summed E-state index contributed by atoms with van der Waals surface area (Å²) in [6.07, 6.45) is 0. The highest BCUT2D eigenvalue weighted by Gasteiger charge is 2.43. The Balaban J connectivity index is 2.25. The normalized spacial score (nSPS) is 19.8. The maximum atomic E-state index is 12.5. The first-order chi connectivity index (χ1) is 11.9. The number of benzene rings is 1. The SMILES string of the molecule is COC(=O)C1=C(C)N=C2SC(C(C)=O)=C(C)N2[C@H]1c1ccccc1Cl. The highest BCUT2D eigenvalue weighted by molar-refractivity contribution is 8.18. The van der Waals surface area contributed by atoms with E-state index in [9.17, 15) is 9.59 Å². The topological polar surface area (TPSA) is 59.0 Å². The number of ether oxygens (including phenoxy) is 1. The minimum Gasteiger partial charge on any atom is -0.466 e. The van der Waals surface area contributed by atoms with E-state index >= 15 is 0 Å². The van der Waals surface area contributed by atoms with Gasteiger partial charge < -0.3 is 9.64 Å². The second-order valence-corrected chi connectivity index (χ2v) is 7.14. The fourth-order valence-electron chi connectivity index (χ4n) is 3.07. The first-order valence-electron chi connectivity index (χ1n) is 7.68. The number of halogens is 1. The molecule has 2 heterocycles. The summed E-state index contributed by atoms with van der Waals surface area (Å²) in [5.41, 5.74) is 2.51. The number of methoxy groups -OCH3 is 1. The van der Waals surface area contributed by atoms with E-state index in [1.54, 1.807) is 13.0 Å². The molecule has 0 bridgehead atoms. The number of fused-ring (bicyclic) bond motifs is 1. The average molecular weight is 377 g/mol. The summed E-state index contributed by atoms with van der Waals surface area (Å²) in [6.45, 7) is 5.14. The van der Waals surface area contributed by atoms with Crippen LogP contribution in [0.4, 0.5) is 0 Å². The van der Waals surface area contributed by atoms with Crippen LogP contribution in [0.5, 0.6) is 0 Å². The zero-order valence-electron chi connectivity index (χ0n) is 14.3. The van der Waals surface area contributed by atoms with Crippen molar-refractivity contribution in [2.75, 3.05) is 7.11 Å². The van der Waals surface area contributed by atoms with Gasteiger partial charge in [-0.25, -0.2) is 9.79 Å². The van der Waals surface area contributed by atoms with Gasteiger partial charge in [0.25, 0.3) is 0 Å². The van der Waals surface area contributed by atoms with Gasteiger partial charge in [0.2, 0.25) is 0 Å². The van der Waals surface area contributed by atoms with Gasteiger partial charge in [0.1, 0.15) is 0 Å². The number of thioether (sulfide) groups is 1. The predicted molar refractivity (Wildman–Crippen MR) is 99.2 cm³/mol. The molecule has 1 aromatic rings. The van der Waals surface area contributed by atoms with E-state index in [4.69, 9.17) is 16.3 Å². The number of carbonyl (C=O) groups excluding carboxylic acids is 2. The first kappa shape index (κ1) is 17.8. The van der Waals surface area contributed by atoms with Crippen LogP contribution in [0.25, 0.3) is 0 Å². The Bertz CT molecular complexity index is 873. The van der Waals surface area contributed by atoms with Gasteiger partial charge in [-0.15, -0.1) is 0 Å². The van der Waals surface area contributed by atoms with Crippen LogP contribution in [0.3, 0.4) is 0 Å². The third kappa shape index (κ3) is 2.89. The molecule has 0 spiro atoms. The summed E-state index contributed by atoms with van der Waals surface area (Å²) in [4.78, 5) is 31.5. The van der Waals surface area contributed by atoms with Crippen LogP contribution < -0.4 is 0 Å². The number of hydrogen-bond acceptors (Lipinski definition) is 6. The van der Waals surface area contributed by atoms with Crippen LogP contribution in [-0.4, -0.2) is 28.9 Å². The number of amidine groups is 1. The zero-order valence-corrected chi connectivity index (χ0v) is 15.9. The Kier molecular flexibility index (Phi) is 4.75. The minimum absolute atomic E-state index is 0.0326. The standard InChI is InChI=1S/C18H17ClN2O3S/c1-9-14(17(23)24-4)15(12-7-5-6-8-13(12)19)21-10(2)16(11(3)22)25-18(21)20-9/h5-8,15H,1-4H3/t15-/m0/s1. The van der Waals surface area contributed by atoms with Crippen molar-refractivity contribution in [1.82, 2.24) is 4.90 Å². The van der Waals surface area contributed by atoms with E-state index in [2.05, 4.69) is 4.99 Å². The van der Waals surface area contributed by atoms with E-state index in [0.29, 0.717) is 26.4 Å². The summed E-state index contributed by atoms with van der Waals surface area (Å²) in [6, 6.07) is 6.86. The Labute approximate surface area is 155 Å². The maximum absolute atomic E-state index is 12.5. The maximum Gasteiger partial charge on any atom is 0.338 e. The number of ketones is 1. The van der Waals surface area contributed by atoms with Gasteiger partial charge in [-0.3, -0.25) is 4.79 Å². The van der Waals surface area contributed by atoms with Crippen molar-refractivity contribution in [3.8, 4) is 0 Å². The molecule has 0 unspecified atom stereocenters. The molecule has 2 aliphatic rings. The average Bonchev–Trinajstić information content (AvgIpc) is 2.90. The molecule has 25 heavy (non-hydrogen) atoms. The molecular weight excluding hydrogens is 360 g/mol. The van der Waals surface area contributed by atoms with Crippen LogP contribution in [-0.2, 0) is 14.3 Å². The lowest BCUT2D eigenvalue weighted by Gasteiger charge is -2.35. The van der Waals surface area contributed by atoms with Crippen LogP contribution in [0.15, 0.2) is 51.1 Å². The summed E-state index contributed by atoms with van der Waals surface area (Å²) in [5, 5.41) is 1.20. The molecule has 3 rings (SSSR count). The molecule has 1 aromatic carbocycles. The van der Waals surface area contributed by atoms with E-state index in [0.717, 1.165) is 11.3 Å². The molecule has 7 heteroatoms. The lowest BCUT2D eigenvalue weighted by molar-refractivity contribution is -0.136. The Morgan fingerprint density at radius 2 is 1.96 bits per heavy atom. The van der Waals surface area contributed by atoms with Crippen LogP contribution in [0.2, 0.25) is 5.02 Å². The molecule has 2 aliphatic heterocycles. The fraction of sp³-hybridized carbons (Fsp3) is 0.278. The second-order valence-electron chi connectivity index (χ2n) is 5.75. The summed E-state index contributed by atoms with van der Waals surface area (Å²) >= 11 is 7.74. The van der Waals surface area contributed by atoms with E-state index in [-0.39, 0.29) is 5.78 Å². The highest BCUT2D eigenvalue weighted by Crippen LogP contribution is 2.48. The zero-order chi connectivity index (χ0) is 18.3. The number of aliphatic imine (C=N–C) groups is 1. The number of hydrogen-bond donors (Lipinski definition) is 0. The molecule has 0 saturated heterocycles. The lowest BCUT2D eigenvalue weighted by atomic mass is 9.94. The van der Waals surface area contributed by atoms with Crippen LogP contribution >= 0.6 is 23.4 Å². The van der Waals surface area contributed by atoms with Crippen molar-refractivity contribution in [1.29, 1.82) is 0 Å².